The van der Waals surface area contributed by atoms with E-state index in [1.165, 1.54) is 7.11 Å². The lowest BCUT2D eigenvalue weighted by molar-refractivity contribution is -0.145. The summed E-state index contributed by atoms with van der Waals surface area (Å²) in [5, 5.41) is 5.36. The van der Waals surface area contributed by atoms with E-state index in [1.807, 2.05) is 30.3 Å². The van der Waals surface area contributed by atoms with Crippen molar-refractivity contribution in [2.24, 2.45) is 5.92 Å². The Morgan fingerprint density at radius 1 is 1.06 bits per heavy atom. The number of amides is 2. The summed E-state index contributed by atoms with van der Waals surface area (Å²) >= 11 is 0. The zero-order valence-electron chi connectivity index (χ0n) is 21.1. The monoisotopic (exact) mass is 474 g/mol. The fraction of sp³-hybridized carbons (Fsp3) is 0.560. The number of hydrogen-bond donors (Lipinski definition) is 2. The number of benzene rings is 1. The van der Waals surface area contributed by atoms with Crippen LogP contribution in [-0.4, -0.2) is 45.2 Å². The van der Waals surface area contributed by atoms with E-state index in [1.54, 1.807) is 13.8 Å². The molecule has 1 rings (SSSR count). The second kappa shape index (κ2) is 12.4. The fourth-order valence-corrected chi connectivity index (χ4v) is 3.50. The molecule has 0 radical (unpaired) electrons. The molecule has 1 aromatic rings. The molecule has 0 aliphatic rings. The van der Waals surface area contributed by atoms with Crippen molar-refractivity contribution in [3.8, 4) is 11.5 Å². The van der Waals surface area contributed by atoms with E-state index in [2.05, 4.69) is 56.0 Å². The van der Waals surface area contributed by atoms with E-state index in [4.69, 9.17) is 9.47 Å². The van der Waals surface area contributed by atoms with Gasteiger partial charge in [-0.15, -0.1) is 11.5 Å². The van der Waals surface area contributed by atoms with Gasteiger partial charge in [0.2, 0.25) is 5.91 Å². The first-order chi connectivity index (χ1) is 15.3. The number of methoxy groups -OCH3 is 1. The van der Waals surface area contributed by atoms with E-state index in [0.29, 0.717) is 0 Å². The minimum absolute atomic E-state index is 0.0801. The van der Waals surface area contributed by atoms with Crippen LogP contribution in [0.5, 0.6) is 0 Å². The Kier molecular flexibility index (Phi) is 10.7. The molecule has 0 aliphatic carbocycles. The van der Waals surface area contributed by atoms with Crippen molar-refractivity contribution in [2.45, 2.75) is 77.9 Å². The molecule has 0 saturated heterocycles. The van der Waals surface area contributed by atoms with Crippen molar-refractivity contribution >= 4 is 26.0 Å². The number of hydrogen-bond acceptors (Lipinski definition) is 5. The van der Waals surface area contributed by atoms with E-state index in [0.717, 1.165) is 5.56 Å². The molecule has 33 heavy (non-hydrogen) atoms. The van der Waals surface area contributed by atoms with Crippen molar-refractivity contribution in [3.05, 3.63) is 35.9 Å². The third-order valence-electron chi connectivity index (χ3n) is 5.82. The Hall–Kier alpha value is -2.79. The lowest BCUT2D eigenvalue weighted by Crippen LogP contribution is -2.53. The first-order valence-electron chi connectivity index (χ1n) is 11.1. The molecule has 0 unspecified atom stereocenters. The van der Waals surface area contributed by atoms with Crippen molar-refractivity contribution in [1.82, 2.24) is 10.6 Å². The molecule has 1 aromatic carbocycles. The van der Waals surface area contributed by atoms with Gasteiger partial charge in [-0.3, -0.25) is 4.79 Å². The maximum absolute atomic E-state index is 12.9. The maximum Gasteiger partial charge on any atom is 0.408 e. The third kappa shape index (κ3) is 9.30. The van der Waals surface area contributed by atoms with Gasteiger partial charge in [-0.05, 0) is 16.5 Å². The molecule has 0 bridgehead atoms. The average Bonchev–Trinajstić information content (AvgIpc) is 2.74. The van der Waals surface area contributed by atoms with Crippen LogP contribution in [0.4, 0.5) is 4.79 Å². The summed E-state index contributed by atoms with van der Waals surface area (Å²) in [7, 11) is -0.589. The van der Waals surface area contributed by atoms with Crippen LogP contribution in [0.3, 0.4) is 0 Å². The fourth-order valence-electron chi connectivity index (χ4n) is 2.59. The van der Waals surface area contributed by atoms with Crippen LogP contribution in [0.1, 0.15) is 46.6 Å². The first-order valence-corrected chi connectivity index (χ1v) is 14.1. The Morgan fingerprint density at radius 2 is 1.67 bits per heavy atom. The number of ether oxygens (including phenoxy) is 2. The van der Waals surface area contributed by atoms with Crippen LogP contribution in [0.15, 0.2) is 30.3 Å². The van der Waals surface area contributed by atoms with Crippen molar-refractivity contribution in [1.29, 1.82) is 0 Å². The molecular formula is C25H38N2O5Si. The van der Waals surface area contributed by atoms with Crippen LogP contribution < -0.4 is 10.6 Å². The lowest BCUT2D eigenvalue weighted by atomic mass is 10.0. The predicted octanol–water partition coefficient (Wildman–Crippen LogP) is 4.04. The van der Waals surface area contributed by atoms with E-state index >= 15 is 0 Å². The molecule has 0 heterocycles. The van der Waals surface area contributed by atoms with Crippen LogP contribution in [0.2, 0.25) is 18.1 Å². The van der Waals surface area contributed by atoms with Crippen molar-refractivity contribution in [3.63, 3.8) is 0 Å². The summed E-state index contributed by atoms with van der Waals surface area (Å²) < 4.78 is 10.1. The standard InChI is InChI=1S/C25H38N2O5Si/c1-18(2)21(27-24(30)32-17-19-13-10-9-11-14-19)22(28)26-20(23(29)31-6)15-12-16-33(7,8)25(3,4)5/h9-11,13-14,18,20-21H,15,17H2,1-8H3,(H,26,28)(H,27,30)/t20-,21-/m0/s1. The number of esters is 1. The molecule has 0 aromatic heterocycles. The smallest absolute Gasteiger partial charge is 0.408 e. The molecule has 0 saturated carbocycles. The topological polar surface area (TPSA) is 93.7 Å². The van der Waals surface area contributed by atoms with Crippen LogP contribution in [0.25, 0.3) is 0 Å². The highest BCUT2D eigenvalue weighted by Crippen LogP contribution is 2.35. The summed E-state index contributed by atoms with van der Waals surface area (Å²) in [4.78, 5) is 37.4. The Morgan fingerprint density at radius 3 is 2.18 bits per heavy atom. The normalized spacial score (nSPS) is 13.2. The van der Waals surface area contributed by atoms with Gasteiger partial charge in [0.1, 0.15) is 26.8 Å². The molecule has 2 amide bonds. The highest BCUT2D eigenvalue weighted by Gasteiger charge is 2.34. The zero-order valence-corrected chi connectivity index (χ0v) is 22.1. The van der Waals surface area contributed by atoms with Crippen LogP contribution in [-0.2, 0) is 25.7 Å². The third-order valence-corrected chi connectivity index (χ3v) is 10.4. The van der Waals surface area contributed by atoms with Crippen molar-refractivity contribution < 1.29 is 23.9 Å². The van der Waals surface area contributed by atoms with Crippen LogP contribution >= 0.6 is 0 Å². The highest BCUT2D eigenvalue weighted by atomic mass is 28.3. The minimum Gasteiger partial charge on any atom is -0.467 e. The molecule has 8 heteroatoms. The lowest BCUT2D eigenvalue weighted by Gasteiger charge is -2.31. The Bertz CT molecular complexity index is 866. The Balaban J connectivity index is 2.83. The molecule has 0 aliphatic heterocycles. The number of alkyl carbamates (subject to hydrolysis) is 1. The van der Waals surface area contributed by atoms with E-state index < -0.39 is 38.1 Å². The molecule has 0 spiro atoms. The van der Waals surface area contributed by atoms with Crippen molar-refractivity contribution in [2.75, 3.05) is 7.11 Å². The number of carbonyl (C=O) groups is 3. The highest BCUT2D eigenvalue weighted by molar-refractivity contribution is 6.87. The van der Waals surface area contributed by atoms with Gasteiger partial charge in [-0.1, -0.05) is 78.0 Å². The first kappa shape index (κ1) is 28.2. The summed E-state index contributed by atoms with van der Waals surface area (Å²) in [5.41, 5.74) is 4.18. The average molecular weight is 475 g/mol. The van der Waals surface area contributed by atoms with Gasteiger partial charge in [0.25, 0.3) is 0 Å². The number of rotatable bonds is 8. The second-order valence-corrected chi connectivity index (χ2v) is 14.9. The molecule has 0 fully saturated rings. The summed E-state index contributed by atoms with van der Waals surface area (Å²) in [6.45, 7) is 14.5. The van der Waals surface area contributed by atoms with Gasteiger partial charge >= 0.3 is 12.1 Å². The Labute approximate surface area is 199 Å². The van der Waals surface area contributed by atoms with Gasteiger partial charge in [-0.2, -0.15) is 0 Å². The van der Waals surface area contributed by atoms with Gasteiger partial charge in [0.15, 0.2) is 0 Å². The molecule has 2 atom stereocenters. The maximum atomic E-state index is 12.9. The van der Waals surface area contributed by atoms with Gasteiger partial charge < -0.3 is 20.1 Å². The minimum atomic E-state index is -1.85. The van der Waals surface area contributed by atoms with E-state index in [-0.39, 0.29) is 24.0 Å². The SMILES string of the molecule is COC(=O)[C@H](CC#C[Si](C)(C)C(C)(C)C)NC(=O)[C@@H](NC(=O)OCc1ccccc1)C(C)C. The molecule has 2 N–H and O–H groups in total. The van der Waals surface area contributed by atoms with E-state index in [9.17, 15) is 14.4 Å². The summed E-state index contributed by atoms with van der Waals surface area (Å²) in [6.07, 6.45) is -0.575. The van der Waals surface area contributed by atoms with Crippen LogP contribution in [0, 0.1) is 17.4 Å². The van der Waals surface area contributed by atoms with Gasteiger partial charge in [0.05, 0.1) is 7.11 Å². The second-order valence-electron chi connectivity index (χ2n) is 9.89. The predicted molar refractivity (Wildman–Crippen MR) is 132 cm³/mol. The number of nitrogens with one attached hydrogen (secondary N) is 2. The van der Waals surface area contributed by atoms with Gasteiger partial charge in [-0.25, -0.2) is 9.59 Å². The quantitative estimate of drug-likeness (QED) is 0.337. The molecule has 182 valence electrons. The number of carbonyl (C=O) groups excluding carboxylic acids is 3. The molecule has 7 nitrogen and oxygen atoms in total. The summed E-state index contributed by atoms with van der Waals surface area (Å²) in [5.74, 6) is 1.78. The van der Waals surface area contributed by atoms with Gasteiger partial charge in [0, 0.05) is 6.42 Å². The molecular weight excluding hydrogens is 436 g/mol. The summed E-state index contributed by atoms with van der Waals surface area (Å²) in [6, 6.07) is 7.44. The zero-order chi connectivity index (χ0) is 25.2. The largest absolute Gasteiger partial charge is 0.467 e.